The molecule has 0 radical (unpaired) electrons. The minimum Gasteiger partial charge on any atom is -0.469 e. The van der Waals surface area contributed by atoms with Gasteiger partial charge in [0.1, 0.15) is 11.5 Å². The maximum atomic E-state index is 12.0. The number of carbonyl (C=O) groups is 1. The van der Waals surface area contributed by atoms with E-state index in [2.05, 4.69) is 5.32 Å². The van der Waals surface area contributed by atoms with Crippen LogP contribution in [0.3, 0.4) is 0 Å². The number of carbonyl (C=O) groups excluding carboxylic acids is 1. The van der Waals surface area contributed by atoms with Gasteiger partial charge in [-0.3, -0.25) is 4.79 Å². The van der Waals surface area contributed by atoms with E-state index in [1.54, 1.807) is 18.4 Å². The fraction of sp³-hybridized carbons (Fsp3) is 0.278. The molecule has 1 aliphatic carbocycles. The summed E-state index contributed by atoms with van der Waals surface area (Å²) in [6.45, 7) is 0.651. The van der Waals surface area contributed by atoms with E-state index < -0.39 is 10.0 Å². The number of nitrogens with one attached hydrogen (secondary N) is 1. The molecule has 1 aromatic carbocycles. The molecule has 3 N–H and O–H groups in total. The summed E-state index contributed by atoms with van der Waals surface area (Å²) >= 11 is 0. The molecule has 1 unspecified atom stereocenters. The summed E-state index contributed by atoms with van der Waals surface area (Å²) in [6, 6.07) is 10.2. The molecule has 132 valence electrons. The third-order valence-electron chi connectivity index (χ3n) is 4.16. The van der Waals surface area contributed by atoms with Crippen LogP contribution in [-0.2, 0) is 21.2 Å². The topological polar surface area (TPSA) is 102 Å². The van der Waals surface area contributed by atoms with Crippen molar-refractivity contribution in [1.82, 2.24) is 5.32 Å². The Kier molecular flexibility index (Phi) is 5.06. The van der Waals surface area contributed by atoms with Crippen molar-refractivity contribution in [1.29, 1.82) is 0 Å². The molecule has 1 atom stereocenters. The van der Waals surface area contributed by atoms with Crippen LogP contribution >= 0.6 is 0 Å². The Morgan fingerprint density at radius 1 is 1.20 bits per heavy atom. The van der Waals surface area contributed by atoms with E-state index in [1.165, 1.54) is 12.1 Å². The zero-order valence-corrected chi connectivity index (χ0v) is 14.5. The molecule has 1 aromatic heterocycles. The van der Waals surface area contributed by atoms with Gasteiger partial charge in [-0.15, -0.1) is 0 Å². The van der Waals surface area contributed by atoms with E-state index in [1.807, 2.05) is 18.2 Å². The van der Waals surface area contributed by atoms with E-state index in [-0.39, 0.29) is 16.6 Å². The summed E-state index contributed by atoms with van der Waals surface area (Å²) in [4.78, 5) is 12.1. The van der Waals surface area contributed by atoms with Crippen LogP contribution in [0.2, 0.25) is 0 Å². The summed E-state index contributed by atoms with van der Waals surface area (Å²) in [5.41, 5.74) is 1.89. The molecule has 25 heavy (non-hydrogen) atoms. The molecule has 2 aromatic rings. The average Bonchev–Trinajstić information content (AvgIpc) is 3.08. The molecule has 0 saturated heterocycles. The van der Waals surface area contributed by atoms with Crippen LogP contribution in [0.4, 0.5) is 0 Å². The van der Waals surface area contributed by atoms with Crippen molar-refractivity contribution in [2.24, 2.45) is 5.14 Å². The second-order valence-electron chi connectivity index (χ2n) is 6.10. The lowest BCUT2D eigenvalue weighted by Gasteiger charge is -2.20. The van der Waals surface area contributed by atoms with Crippen LogP contribution in [0.25, 0.3) is 0 Å². The zero-order chi connectivity index (χ0) is 17.9. The van der Waals surface area contributed by atoms with E-state index in [9.17, 15) is 13.2 Å². The van der Waals surface area contributed by atoms with Gasteiger partial charge in [0.05, 0.1) is 11.2 Å². The van der Waals surface area contributed by atoms with Crippen molar-refractivity contribution in [3.8, 4) is 0 Å². The highest BCUT2D eigenvalue weighted by atomic mass is 32.2. The minimum atomic E-state index is -3.66. The second kappa shape index (κ2) is 7.25. The average molecular weight is 360 g/mol. The molecule has 1 heterocycles. The van der Waals surface area contributed by atoms with Crippen LogP contribution in [0.1, 0.15) is 30.1 Å². The van der Waals surface area contributed by atoms with Crippen molar-refractivity contribution in [3.63, 3.8) is 0 Å². The Morgan fingerprint density at radius 2 is 1.96 bits per heavy atom. The van der Waals surface area contributed by atoms with E-state index in [0.717, 1.165) is 17.0 Å². The van der Waals surface area contributed by atoms with Gasteiger partial charge in [0.15, 0.2) is 0 Å². The van der Waals surface area contributed by atoms with Gasteiger partial charge in [-0.2, -0.15) is 0 Å². The van der Waals surface area contributed by atoms with Gasteiger partial charge in [0, 0.05) is 31.0 Å². The van der Waals surface area contributed by atoms with Crippen molar-refractivity contribution < 1.29 is 17.6 Å². The molecule has 0 aliphatic heterocycles. The summed E-state index contributed by atoms with van der Waals surface area (Å²) in [5.74, 6) is 0.961. The number of benzene rings is 1. The number of hydrogen-bond acceptors (Lipinski definition) is 5. The summed E-state index contributed by atoms with van der Waals surface area (Å²) in [5, 5.41) is 8.38. The first-order chi connectivity index (χ1) is 11.9. The standard InChI is InChI=1S/C18H20N2O4S/c19-25(22,23)17-5-3-13(4-6-17)7-8-20-15-10-14(11-16(21)12-15)18-2-1-9-24-18/h1-6,9-10,14,20H,7-8,11-12H2,(H2,19,22,23). The molecular weight excluding hydrogens is 340 g/mol. The first-order valence-electron chi connectivity index (χ1n) is 8.03. The smallest absolute Gasteiger partial charge is 0.238 e. The third-order valence-corrected chi connectivity index (χ3v) is 5.09. The first-order valence-corrected chi connectivity index (χ1v) is 9.58. The zero-order valence-electron chi connectivity index (χ0n) is 13.6. The van der Waals surface area contributed by atoms with Crippen molar-refractivity contribution in [2.45, 2.75) is 30.1 Å². The minimum absolute atomic E-state index is 0.0206. The number of allylic oxidation sites excluding steroid dienone is 2. The molecule has 0 saturated carbocycles. The molecule has 0 spiro atoms. The second-order valence-corrected chi connectivity index (χ2v) is 7.66. The Hall–Kier alpha value is -2.38. The van der Waals surface area contributed by atoms with E-state index in [4.69, 9.17) is 9.56 Å². The molecule has 0 fully saturated rings. The van der Waals surface area contributed by atoms with Gasteiger partial charge in [-0.05, 0) is 36.2 Å². The Labute approximate surface area is 146 Å². The summed E-state index contributed by atoms with van der Waals surface area (Å²) < 4.78 is 27.9. The number of primary sulfonamides is 1. The molecule has 1 aliphatic rings. The number of ketones is 1. The van der Waals surface area contributed by atoms with Crippen molar-refractivity contribution >= 4 is 15.8 Å². The van der Waals surface area contributed by atoms with Crippen LogP contribution in [0.5, 0.6) is 0 Å². The molecular formula is C18H20N2O4S. The highest BCUT2D eigenvalue weighted by Crippen LogP contribution is 2.28. The predicted molar refractivity (Wildman–Crippen MR) is 93.3 cm³/mol. The highest BCUT2D eigenvalue weighted by molar-refractivity contribution is 7.89. The number of Topliss-reactive ketones (excluding diaryl/α,β-unsaturated/α-hetero) is 1. The van der Waals surface area contributed by atoms with E-state index in [0.29, 0.717) is 25.8 Å². The Bertz CT molecular complexity index is 868. The van der Waals surface area contributed by atoms with Crippen molar-refractivity contribution in [2.75, 3.05) is 6.54 Å². The normalized spacial score (nSPS) is 18.0. The molecule has 0 amide bonds. The fourth-order valence-electron chi connectivity index (χ4n) is 2.91. The first kappa shape index (κ1) is 17.4. The predicted octanol–water partition coefficient (Wildman–Crippen LogP) is 2.09. The summed E-state index contributed by atoms with van der Waals surface area (Å²) in [6.07, 6.45) is 5.24. The molecule has 6 nitrogen and oxygen atoms in total. The largest absolute Gasteiger partial charge is 0.469 e. The lowest BCUT2D eigenvalue weighted by Crippen LogP contribution is -2.23. The third kappa shape index (κ3) is 4.58. The van der Waals surface area contributed by atoms with Gasteiger partial charge >= 0.3 is 0 Å². The molecule has 7 heteroatoms. The van der Waals surface area contributed by atoms with Gasteiger partial charge in [-0.1, -0.05) is 18.2 Å². The highest BCUT2D eigenvalue weighted by Gasteiger charge is 2.23. The van der Waals surface area contributed by atoms with Gasteiger partial charge < -0.3 is 9.73 Å². The number of rotatable bonds is 6. The van der Waals surface area contributed by atoms with Gasteiger partial charge in [0.2, 0.25) is 10.0 Å². The van der Waals surface area contributed by atoms with Crippen LogP contribution in [0, 0.1) is 0 Å². The lowest BCUT2D eigenvalue weighted by atomic mass is 9.90. The van der Waals surface area contributed by atoms with Gasteiger partial charge in [0.25, 0.3) is 0 Å². The van der Waals surface area contributed by atoms with Crippen LogP contribution in [-0.4, -0.2) is 20.7 Å². The van der Waals surface area contributed by atoms with Gasteiger partial charge in [-0.25, -0.2) is 13.6 Å². The summed E-state index contributed by atoms with van der Waals surface area (Å²) in [7, 11) is -3.66. The molecule has 0 bridgehead atoms. The monoisotopic (exact) mass is 360 g/mol. The van der Waals surface area contributed by atoms with Crippen molar-refractivity contribution in [3.05, 3.63) is 65.8 Å². The van der Waals surface area contributed by atoms with Crippen LogP contribution in [0.15, 0.2) is 63.7 Å². The lowest BCUT2D eigenvalue weighted by molar-refractivity contribution is -0.119. The number of nitrogens with two attached hydrogens (primary N) is 1. The number of sulfonamides is 1. The Morgan fingerprint density at radius 3 is 2.60 bits per heavy atom. The maximum Gasteiger partial charge on any atom is 0.238 e. The Balaban J connectivity index is 1.58. The molecule has 3 rings (SSSR count). The van der Waals surface area contributed by atoms with E-state index >= 15 is 0 Å². The fourth-order valence-corrected chi connectivity index (χ4v) is 3.43. The quantitative estimate of drug-likeness (QED) is 0.821. The number of hydrogen-bond donors (Lipinski definition) is 2. The SMILES string of the molecule is NS(=O)(=O)c1ccc(CCNC2=CC(c3ccco3)CC(=O)C2)cc1. The number of furan rings is 1. The van der Waals surface area contributed by atoms with Crippen LogP contribution < -0.4 is 10.5 Å². The maximum absolute atomic E-state index is 12.0.